The highest BCUT2D eigenvalue weighted by Crippen LogP contribution is 2.31. The summed E-state index contributed by atoms with van der Waals surface area (Å²) in [6.45, 7) is 0.408. The lowest BCUT2D eigenvalue weighted by atomic mass is 10.1. The Morgan fingerprint density at radius 1 is 1.14 bits per heavy atom. The summed E-state index contributed by atoms with van der Waals surface area (Å²) in [7, 11) is -3.28. The summed E-state index contributed by atoms with van der Waals surface area (Å²) < 4.78 is 30.0. The molecule has 0 aromatic heterocycles. The standard InChI is InChI=1S/C16H15NO4S/c1-22(19,20)17-10-9-12-11-13(7-8-15(12)17)16(18)21-14-5-3-2-4-6-14/h2-8,11H,9-10H2,1H3. The van der Waals surface area contributed by atoms with Gasteiger partial charge in [0.1, 0.15) is 5.75 Å². The third-order valence-corrected chi connectivity index (χ3v) is 4.70. The predicted molar refractivity (Wildman–Crippen MR) is 83.7 cm³/mol. The van der Waals surface area contributed by atoms with Gasteiger partial charge in [-0.1, -0.05) is 18.2 Å². The fourth-order valence-corrected chi connectivity index (χ4v) is 3.46. The summed E-state index contributed by atoms with van der Waals surface area (Å²) in [5, 5.41) is 0. The summed E-state index contributed by atoms with van der Waals surface area (Å²) in [5.41, 5.74) is 1.89. The molecule has 0 aliphatic carbocycles. The number of hydrogen-bond acceptors (Lipinski definition) is 4. The predicted octanol–water partition coefficient (Wildman–Crippen LogP) is 2.23. The Kier molecular flexibility index (Phi) is 3.62. The molecule has 1 aliphatic heterocycles. The number of hydrogen-bond donors (Lipinski definition) is 0. The van der Waals surface area contributed by atoms with E-state index < -0.39 is 16.0 Å². The maximum Gasteiger partial charge on any atom is 0.343 e. The second-order valence-corrected chi connectivity index (χ2v) is 7.04. The molecule has 0 N–H and O–H groups in total. The molecule has 0 amide bonds. The molecule has 0 saturated heterocycles. The van der Waals surface area contributed by atoms with Crippen molar-refractivity contribution in [1.82, 2.24) is 0 Å². The Hall–Kier alpha value is -2.34. The van der Waals surface area contributed by atoms with E-state index in [9.17, 15) is 13.2 Å². The van der Waals surface area contributed by atoms with E-state index in [1.165, 1.54) is 10.6 Å². The molecule has 1 heterocycles. The van der Waals surface area contributed by atoms with Crippen LogP contribution < -0.4 is 9.04 Å². The lowest BCUT2D eigenvalue weighted by Crippen LogP contribution is -2.27. The number of para-hydroxylation sites is 1. The number of esters is 1. The molecule has 2 aromatic carbocycles. The zero-order chi connectivity index (χ0) is 15.7. The van der Waals surface area contributed by atoms with E-state index in [0.717, 1.165) is 5.56 Å². The molecule has 0 spiro atoms. The van der Waals surface area contributed by atoms with Crippen molar-refractivity contribution in [2.75, 3.05) is 17.1 Å². The van der Waals surface area contributed by atoms with Crippen molar-refractivity contribution in [2.24, 2.45) is 0 Å². The second-order valence-electron chi connectivity index (χ2n) is 5.13. The van der Waals surface area contributed by atoms with Crippen LogP contribution in [0.3, 0.4) is 0 Å². The fraction of sp³-hybridized carbons (Fsp3) is 0.188. The van der Waals surface area contributed by atoms with E-state index in [1.807, 2.05) is 6.07 Å². The number of ether oxygens (including phenoxy) is 1. The van der Waals surface area contributed by atoms with Gasteiger partial charge in [-0.05, 0) is 42.3 Å². The molecule has 0 bridgehead atoms. The van der Waals surface area contributed by atoms with Crippen LogP contribution in [0.5, 0.6) is 5.75 Å². The Morgan fingerprint density at radius 2 is 1.86 bits per heavy atom. The van der Waals surface area contributed by atoms with Crippen LogP contribution in [0.15, 0.2) is 48.5 Å². The van der Waals surface area contributed by atoms with Gasteiger partial charge in [-0.3, -0.25) is 4.31 Å². The van der Waals surface area contributed by atoms with Crippen LogP contribution in [0.2, 0.25) is 0 Å². The van der Waals surface area contributed by atoms with E-state index in [1.54, 1.807) is 42.5 Å². The average Bonchev–Trinajstić information content (AvgIpc) is 2.91. The summed E-state index contributed by atoms with van der Waals surface area (Å²) in [6.07, 6.45) is 1.77. The molecule has 0 saturated carbocycles. The summed E-state index contributed by atoms with van der Waals surface area (Å²) >= 11 is 0. The lowest BCUT2D eigenvalue weighted by molar-refractivity contribution is 0.0734. The number of benzene rings is 2. The van der Waals surface area contributed by atoms with Gasteiger partial charge in [0.15, 0.2) is 0 Å². The lowest BCUT2D eigenvalue weighted by Gasteiger charge is -2.16. The number of sulfonamides is 1. The molecule has 0 atom stereocenters. The summed E-state index contributed by atoms with van der Waals surface area (Å²) in [6, 6.07) is 13.8. The number of rotatable bonds is 3. The van der Waals surface area contributed by atoms with Crippen molar-refractivity contribution in [3.8, 4) is 5.75 Å². The van der Waals surface area contributed by atoms with Gasteiger partial charge in [0, 0.05) is 6.54 Å². The zero-order valence-corrected chi connectivity index (χ0v) is 12.8. The van der Waals surface area contributed by atoms with E-state index in [4.69, 9.17) is 4.74 Å². The van der Waals surface area contributed by atoms with Crippen molar-refractivity contribution in [3.05, 3.63) is 59.7 Å². The Balaban J connectivity index is 1.85. The third kappa shape index (κ3) is 2.82. The number of fused-ring (bicyclic) bond motifs is 1. The van der Waals surface area contributed by atoms with Gasteiger partial charge < -0.3 is 4.74 Å². The van der Waals surface area contributed by atoms with Gasteiger partial charge in [0.25, 0.3) is 0 Å². The van der Waals surface area contributed by atoms with Crippen LogP contribution in [0.25, 0.3) is 0 Å². The highest BCUT2D eigenvalue weighted by atomic mass is 32.2. The van der Waals surface area contributed by atoms with Crippen LogP contribution >= 0.6 is 0 Å². The minimum atomic E-state index is -3.28. The molecule has 3 rings (SSSR count). The van der Waals surface area contributed by atoms with Gasteiger partial charge in [-0.25, -0.2) is 13.2 Å². The quantitative estimate of drug-likeness (QED) is 0.643. The van der Waals surface area contributed by atoms with E-state index in [-0.39, 0.29) is 0 Å². The topological polar surface area (TPSA) is 63.7 Å². The van der Waals surface area contributed by atoms with E-state index in [2.05, 4.69) is 0 Å². The largest absolute Gasteiger partial charge is 0.423 e. The minimum Gasteiger partial charge on any atom is -0.423 e. The van der Waals surface area contributed by atoms with Crippen molar-refractivity contribution < 1.29 is 17.9 Å². The Labute approximate surface area is 129 Å². The minimum absolute atomic E-state index is 0.408. The molecule has 0 unspecified atom stereocenters. The van der Waals surface area contributed by atoms with Crippen LogP contribution in [0.4, 0.5) is 5.69 Å². The average molecular weight is 317 g/mol. The maximum atomic E-state index is 12.1. The molecule has 2 aromatic rings. The molecular formula is C16H15NO4S. The molecule has 1 aliphatic rings. The number of carbonyl (C=O) groups excluding carboxylic acids is 1. The smallest absolute Gasteiger partial charge is 0.343 e. The monoisotopic (exact) mass is 317 g/mol. The Morgan fingerprint density at radius 3 is 2.55 bits per heavy atom. The normalized spacial score (nSPS) is 13.8. The first-order chi connectivity index (χ1) is 10.4. The highest BCUT2D eigenvalue weighted by Gasteiger charge is 2.27. The first kappa shape index (κ1) is 14.6. The van der Waals surface area contributed by atoms with Gasteiger partial charge >= 0.3 is 5.97 Å². The summed E-state index contributed by atoms with van der Waals surface area (Å²) in [4.78, 5) is 12.1. The van der Waals surface area contributed by atoms with Crippen molar-refractivity contribution >= 4 is 21.7 Å². The van der Waals surface area contributed by atoms with Crippen molar-refractivity contribution in [2.45, 2.75) is 6.42 Å². The SMILES string of the molecule is CS(=O)(=O)N1CCc2cc(C(=O)Oc3ccccc3)ccc21. The van der Waals surface area contributed by atoms with Crippen LogP contribution in [0.1, 0.15) is 15.9 Å². The van der Waals surface area contributed by atoms with Crippen molar-refractivity contribution in [3.63, 3.8) is 0 Å². The van der Waals surface area contributed by atoms with Gasteiger partial charge in [0.05, 0.1) is 17.5 Å². The maximum absolute atomic E-state index is 12.1. The first-order valence-corrected chi connectivity index (χ1v) is 8.68. The van der Waals surface area contributed by atoms with E-state index >= 15 is 0 Å². The molecule has 6 heteroatoms. The fourth-order valence-electron chi connectivity index (χ4n) is 2.50. The molecule has 0 radical (unpaired) electrons. The van der Waals surface area contributed by atoms with Gasteiger partial charge in [-0.15, -0.1) is 0 Å². The number of nitrogens with zero attached hydrogens (tertiary/aromatic N) is 1. The molecule has 22 heavy (non-hydrogen) atoms. The van der Waals surface area contributed by atoms with Crippen LogP contribution in [0, 0.1) is 0 Å². The molecular weight excluding hydrogens is 302 g/mol. The number of carbonyl (C=O) groups is 1. The zero-order valence-electron chi connectivity index (χ0n) is 12.0. The van der Waals surface area contributed by atoms with Gasteiger partial charge in [0.2, 0.25) is 10.0 Å². The Bertz CT molecular complexity index is 815. The number of anilines is 1. The second kappa shape index (κ2) is 5.46. The highest BCUT2D eigenvalue weighted by molar-refractivity contribution is 7.92. The van der Waals surface area contributed by atoms with Crippen LogP contribution in [-0.4, -0.2) is 27.2 Å². The van der Waals surface area contributed by atoms with Crippen molar-refractivity contribution in [1.29, 1.82) is 0 Å². The van der Waals surface area contributed by atoms with Gasteiger partial charge in [-0.2, -0.15) is 0 Å². The molecule has 114 valence electrons. The summed E-state index contributed by atoms with van der Waals surface area (Å²) in [5.74, 6) is 0.0255. The molecule has 5 nitrogen and oxygen atoms in total. The van der Waals surface area contributed by atoms with E-state index in [0.29, 0.717) is 30.0 Å². The van der Waals surface area contributed by atoms with Crippen LogP contribution in [-0.2, 0) is 16.4 Å². The third-order valence-electron chi connectivity index (χ3n) is 3.52. The first-order valence-electron chi connectivity index (χ1n) is 6.83. The molecule has 0 fully saturated rings.